The van der Waals surface area contributed by atoms with Crippen molar-refractivity contribution in [1.82, 2.24) is 30.0 Å². The van der Waals surface area contributed by atoms with Crippen LogP contribution < -0.4 is 25.2 Å². The molecular formula is C58H63N9O6S. The number of ether oxygens (including phenoxy) is 1. The molecule has 4 aliphatic rings. The van der Waals surface area contributed by atoms with Crippen LogP contribution in [0.1, 0.15) is 114 Å². The van der Waals surface area contributed by atoms with Gasteiger partial charge in [0.25, 0.3) is 5.91 Å². The van der Waals surface area contributed by atoms with Gasteiger partial charge < -0.3 is 19.6 Å². The zero-order valence-electron chi connectivity index (χ0n) is 42.5. The number of aromatic nitrogens is 4. The Labute approximate surface area is 434 Å². The number of aryl methyl sites for hydroxylation is 1. The normalized spacial score (nSPS) is 20.1. The SMILES string of the molecule is Cc1c(OC2CCC(CCCN3CCN(c4ccc5c(C6CCC(=O)NC6=O)nn(C)c5c4)CC3(C)C)CC2)cccc1-c1ccc(N2CCc3cccc(C(=O)Nc4nc5ccccc5s4)c3C2)nc1C(=O)O. The number of piperazine rings is 1. The smallest absolute Gasteiger partial charge is 0.355 e. The molecule has 2 saturated heterocycles. The number of pyridine rings is 1. The van der Waals surface area contributed by atoms with Crippen molar-refractivity contribution in [2.45, 2.75) is 103 Å². The van der Waals surface area contributed by atoms with Crippen LogP contribution in [0, 0.1) is 12.8 Å². The molecule has 74 heavy (non-hydrogen) atoms. The van der Waals surface area contributed by atoms with E-state index >= 15 is 0 Å². The highest BCUT2D eigenvalue weighted by Gasteiger charge is 2.36. The van der Waals surface area contributed by atoms with Gasteiger partial charge in [-0.2, -0.15) is 5.10 Å². The molecule has 382 valence electrons. The van der Waals surface area contributed by atoms with Crippen molar-refractivity contribution in [2.24, 2.45) is 13.0 Å². The number of hydrogen-bond acceptors (Lipinski definition) is 12. The van der Waals surface area contributed by atoms with Crippen LogP contribution in [0.3, 0.4) is 0 Å². The molecule has 3 N–H and O–H groups in total. The number of amides is 3. The molecule has 3 fully saturated rings. The molecule has 0 spiro atoms. The van der Waals surface area contributed by atoms with E-state index in [1.54, 1.807) is 0 Å². The Kier molecular flexibility index (Phi) is 13.4. The molecule has 4 aromatic carbocycles. The Morgan fingerprint density at radius 3 is 2.50 bits per heavy atom. The molecule has 3 aliphatic heterocycles. The first-order valence-electron chi connectivity index (χ1n) is 26.1. The summed E-state index contributed by atoms with van der Waals surface area (Å²) in [5.41, 5.74) is 8.45. The van der Waals surface area contributed by atoms with Crippen LogP contribution in [0.4, 0.5) is 16.6 Å². The van der Waals surface area contributed by atoms with E-state index in [4.69, 9.17) is 14.8 Å². The lowest BCUT2D eigenvalue weighted by Crippen LogP contribution is -2.59. The van der Waals surface area contributed by atoms with Crippen molar-refractivity contribution in [1.29, 1.82) is 0 Å². The number of carbonyl (C=O) groups is 4. The number of nitrogens with zero attached hydrogens (tertiary/aromatic N) is 7. The van der Waals surface area contributed by atoms with Gasteiger partial charge in [0.05, 0.1) is 33.4 Å². The number of imide groups is 1. The van der Waals surface area contributed by atoms with Gasteiger partial charge in [0, 0.05) is 73.9 Å². The molecule has 11 rings (SSSR count). The van der Waals surface area contributed by atoms with Crippen LogP contribution in [0.25, 0.3) is 32.2 Å². The van der Waals surface area contributed by atoms with Crippen LogP contribution in [0.15, 0.2) is 91.0 Å². The molecule has 1 unspecified atom stereocenters. The van der Waals surface area contributed by atoms with E-state index in [0.29, 0.717) is 60.3 Å². The van der Waals surface area contributed by atoms with Gasteiger partial charge in [-0.1, -0.05) is 47.7 Å². The first-order chi connectivity index (χ1) is 35.8. The maximum absolute atomic E-state index is 13.7. The van der Waals surface area contributed by atoms with Crippen molar-refractivity contribution in [3.05, 3.63) is 125 Å². The minimum Gasteiger partial charge on any atom is -0.490 e. The summed E-state index contributed by atoms with van der Waals surface area (Å²) >= 11 is 1.44. The Bertz CT molecular complexity index is 3290. The van der Waals surface area contributed by atoms with E-state index < -0.39 is 11.9 Å². The van der Waals surface area contributed by atoms with Crippen LogP contribution in [0.2, 0.25) is 0 Å². The van der Waals surface area contributed by atoms with E-state index in [2.05, 4.69) is 57.5 Å². The molecule has 3 aromatic heterocycles. The second-order valence-electron chi connectivity index (χ2n) is 21.2. The fourth-order valence-electron chi connectivity index (χ4n) is 11.9. The zero-order valence-corrected chi connectivity index (χ0v) is 43.3. The lowest BCUT2D eigenvalue weighted by molar-refractivity contribution is -0.134. The summed E-state index contributed by atoms with van der Waals surface area (Å²) < 4.78 is 9.58. The second kappa shape index (κ2) is 20.3. The van der Waals surface area contributed by atoms with E-state index in [-0.39, 0.29) is 35.1 Å². The van der Waals surface area contributed by atoms with E-state index in [9.17, 15) is 24.3 Å². The van der Waals surface area contributed by atoms with Gasteiger partial charge >= 0.3 is 5.97 Å². The highest BCUT2D eigenvalue weighted by molar-refractivity contribution is 7.22. The molecule has 0 radical (unpaired) electrons. The average Bonchev–Trinajstić information content (AvgIpc) is 3.96. The summed E-state index contributed by atoms with van der Waals surface area (Å²) in [6.07, 6.45) is 8.13. The van der Waals surface area contributed by atoms with Crippen molar-refractivity contribution in [2.75, 3.05) is 47.8 Å². The highest BCUT2D eigenvalue weighted by atomic mass is 32.1. The largest absolute Gasteiger partial charge is 0.490 e. The Morgan fingerprint density at radius 1 is 0.878 bits per heavy atom. The summed E-state index contributed by atoms with van der Waals surface area (Å²) in [6, 6.07) is 29.6. The Hall–Kier alpha value is -7.17. The van der Waals surface area contributed by atoms with Gasteiger partial charge in [-0.25, -0.2) is 14.8 Å². The fraction of sp³-hybridized carbons (Fsp3) is 0.397. The standard InChI is InChI=1S/C58H63N9O6S/c1-35-40(41-23-25-50(60-53(41)56(71)72)65-29-27-37-11-7-13-42(45(37)33-65)54(69)62-57-59-46-14-5-6-16-49(46)74-57)12-8-15-48(35)73-39-20-17-36(18-21-39)10-9-28-67-31-30-66(34-58(67,2)3)38-19-22-43-47(32-38)64(4)63-52(43)44-24-26-51(68)61-55(44)70/h5-8,11-16,19,22-23,25,32,36,39,44H,9-10,17-18,20-21,24,26-31,33-34H2,1-4H3,(H,71,72)(H,59,62,69)(H,61,68,70). The maximum atomic E-state index is 13.7. The number of anilines is 3. The van der Waals surface area contributed by atoms with Gasteiger partial charge in [0.2, 0.25) is 11.8 Å². The van der Waals surface area contributed by atoms with Crippen LogP contribution in [-0.4, -0.2) is 97.8 Å². The summed E-state index contributed by atoms with van der Waals surface area (Å²) in [6.45, 7) is 11.6. The number of aromatic carboxylic acids is 1. The number of rotatable bonds is 13. The predicted octanol–water partition coefficient (Wildman–Crippen LogP) is 9.91. The molecule has 6 heterocycles. The average molecular weight is 1010 g/mol. The number of para-hydroxylation sites is 1. The number of nitrogens with one attached hydrogen (secondary N) is 2. The van der Waals surface area contributed by atoms with Crippen LogP contribution in [0.5, 0.6) is 5.75 Å². The lowest BCUT2D eigenvalue weighted by Gasteiger charge is -2.48. The van der Waals surface area contributed by atoms with Crippen LogP contribution in [-0.2, 0) is 29.6 Å². The number of fused-ring (bicyclic) bond motifs is 3. The first-order valence-corrected chi connectivity index (χ1v) is 26.9. The highest BCUT2D eigenvalue weighted by Crippen LogP contribution is 2.39. The molecule has 1 atom stereocenters. The van der Waals surface area contributed by atoms with E-state index in [0.717, 1.165) is 119 Å². The summed E-state index contributed by atoms with van der Waals surface area (Å²) in [5, 5.41) is 22.3. The zero-order chi connectivity index (χ0) is 51.3. The number of benzene rings is 4. The molecule has 16 heteroatoms. The number of carbonyl (C=O) groups excluding carboxylic acids is 3. The van der Waals surface area contributed by atoms with Gasteiger partial charge in [-0.3, -0.25) is 34.6 Å². The molecule has 15 nitrogen and oxygen atoms in total. The monoisotopic (exact) mass is 1010 g/mol. The number of piperidine rings is 1. The Balaban J connectivity index is 0.677. The number of hydrogen-bond donors (Lipinski definition) is 3. The van der Waals surface area contributed by atoms with E-state index in [1.807, 2.05) is 96.3 Å². The summed E-state index contributed by atoms with van der Waals surface area (Å²) in [5.74, 6) is -0.254. The quantitative estimate of drug-likeness (QED) is 0.0935. The van der Waals surface area contributed by atoms with Crippen molar-refractivity contribution >= 4 is 72.8 Å². The van der Waals surface area contributed by atoms with Crippen molar-refractivity contribution < 1.29 is 29.0 Å². The number of thiazole rings is 1. The third-order valence-electron chi connectivity index (χ3n) is 16.0. The van der Waals surface area contributed by atoms with Gasteiger partial charge in [-0.05, 0) is 161 Å². The second-order valence-corrected chi connectivity index (χ2v) is 22.2. The minimum absolute atomic E-state index is 0.0101. The summed E-state index contributed by atoms with van der Waals surface area (Å²) in [7, 11) is 1.92. The van der Waals surface area contributed by atoms with Crippen molar-refractivity contribution in [3.8, 4) is 16.9 Å². The van der Waals surface area contributed by atoms with Crippen LogP contribution >= 0.6 is 11.3 Å². The number of carboxylic acids is 1. The van der Waals surface area contributed by atoms with Gasteiger partial charge in [0.15, 0.2) is 10.8 Å². The van der Waals surface area contributed by atoms with Crippen molar-refractivity contribution in [3.63, 3.8) is 0 Å². The first kappa shape index (κ1) is 49.1. The molecule has 7 aromatic rings. The number of carboxylic acid groups (broad SMARTS) is 1. The third kappa shape index (κ3) is 9.84. The predicted molar refractivity (Wildman–Crippen MR) is 289 cm³/mol. The molecule has 1 saturated carbocycles. The molecular weight excluding hydrogens is 951 g/mol. The topological polar surface area (TPSA) is 175 Å². The minimum atomic E-state index is -1.10. The van der Waals surface area contributed by atoms with Gasteiger partial charge in [0.1, 0.15) is 11.6 Å². The molecule has 3 amide bonds. The maximum Gasteiger partial charge on any atom is 0.355 e. The lowest BCUT2D eigenvalue weighted by atomic mass is 9.84. The summed E-state index contributed by atoms with van der Waals surface area (Å²) in [4.78, 5) is 67.6. The fourth-order valence-corrected chi connectivity index (χ4v) is 12.8. The van der Waals surface area contributed by atoms with Gasteiger partial charge in [-0.15, -0.1) is 0 Å². The molecule has 0 bridgehead atoms. The van der Waals surface area contributed by atoms with E-state index in [1.165, 1.54) is 17.8 Å². The Morgan fingerprint density at radius 2 is 1.70 bits per heavy atom. The molecule has 1 aliphatic carbocycles. The third-order valence-corrected chi connectivity index (χ3v) is 17.0.